The van der Waals surface area contributed by atoms with E-state index in [9.17, 15) is 0 Å². The number of anilines is 4. The molecule has 0 fully saturated rings. The lowest BCUT2D eigenvalue weighted by Crippen LogP contribution is -2.34. The van der Waals surface area contributed by atoms with Crippen molar-refractivity contribution < 1.29 is 0 Å². The van der Waals surface area contributed by atoms with Gasteiger partial charge in [0, 0.05) is 18.7 Å². The molecular weight excluding hydrogens is 302 g/mol. The summed E-state index contributed by atoms with van der Waals surface area (Å²) in [6.07, 6.45) is 1.52. The van der Waals surface area contributed by atoms with Gasteiger partial charge in [-0.05, 0) is 43.0 Å². The summed E-state index contributed by atoms with van der Waals surface area (Å²) in [5, 5.41) is 6.63. The van der Waals surface area contributed by atoms with Crippen LogP contribution in [0.15, 0.2) is 24.5 Å². The van der Waals surface area contributed by atoms with Crippen LogP contribution in [-0.2, 0) is 0 Å². The number of hydrazine groups is 1. The van der Waals surface area contributed by atoms with E-state index in [4.69, 9.17) is 11.6 Å². The lowest BCUT2D eigenvalue weighted by Gasteiger charge is -2.21. The maximum absolute atomic E-state index is 5.81. The Bertz CT molecular complexity index is 685. The molecule has 2 rings (SSSR count). The number of nitrogens with zero attached hydrogens (tertiary/aromatic N) is 2. The largest absolute Gasteiger partial charge is 0.366 e. The molecule has 0 aliphatic heterocycles. The predicted octanol–water partition coefficient (Wildman–Crippen LogP) is 2.52. The molecule has 0 amide bonds. The smallest absolute Gasteiger partial charge is 0.135 e. The molecule has 0 aliphatic rings. The maximum Gasteiger partial charge on any atom is 0.135 e. The molecule has 0 saturated heterocycles. The molecule has 1 aromatic heterocycles. The minimum Gasteiger partial charge on any atom is -0.366 e. The van der Waals surface area contributed by atoms with Gasteiger partial charge in [-0.25, -0.2) is 9.97 Å². The third kappa shape index (κ3) is 4.33. The van der Waals surface area contributed by atoms with Crippen LogP contribution in [0.5, 0.6) is 0 Å². The number of aromatic nitrogens is 2. The predicted molar refractivity (Wildman–Crippen MR) is 100 cm³/mol. The number of nitrogens with one attached hydrogen (secondary N) is 3. The topological polar surface area (TPSA) is 114 Å². The van der Waals surface area contributed by atoms with Crippen LogP contribution >= 0.6 is 0 Å². The fourth-order valence-electron chi connectivity index (χ4n) is 2.37. The Morgan fingerprint density at radius 3 is 2.21 bits per heavy atom. The van der Waals surface area contributed by atoms with Crippen LogP contribution in [0.1, 0.15) is 25.0 Å². The molecule has 0 aliphatic carbocycles. The van der Waals surface area contributed by atoms with E-state index in [-0.39, 0.29) is 6.04 Å². The third-order valence-electron chi connectivity index (χ3n) is 4.11. The first-order valence-corrected chi connectivity index (χ1v) is 8.08. The van der Waals surface area contributed by atoms with Crippen molar-refractivity contribution in [3.05, 3.63) is 35.7 Å². The fourth-order valence-corrected chi connectivity index (χ4v) is 2.37. The Morgan fingerprint density at radius 1 is 1.00 bits per heavy atom. The Labute approximate surface area is 143 Å². The second-order valence-electron chi connectivity index (χ2n) is 6.27. The van der Waals surface area contributed by atoms with Crippen LogP contribution in [0, 0.1) is 19.8 Å². The average Bonchev–Trinajstić information content (AvgIpc) is 2.55. The summed E-state index contributed by atoms with van der Waals surface area (Å²) in [7, 11) is 0. The van der Waals surface area contributed by atoms with E-state index in [1.54, 1.807) is 0 Å². The molecule has 7 heteroatoms. The zero-order valence-corrected chi connectivity index (χ0v) is 14.7. The van der Waals surface area contributed by atoms with Crippen molar-refractivity contribution in [1.29, 1.82) is 0 Å². The quantitative estimate of drug-likeness (QED) is 0.392. The van der Waals surface area contributed by atoms with Crippen molar-refractivity contribution in [2.75, 3.05) is 22.6 Å². The lowest BCUT2D eigenvalue weighted by atomic mass is 10.1. The average molecular weight is 329 g/mol. The number of nitrogen functional groups attached to an aromatic ring is 1. The standard InChI is InChI=1S/C17H27N7/c1-10(2)15(8-18)23-17-7-16(20-9-21-17)22-13-5-11(3)12(4)6-14(13)24-19/h5-7,9-10,15,24H,8,18-19H2,1-4H3,(H2,20,21,22,23)/t15-/m1/s1. The number of nitrogens with two attached hydrogens (primary N) is 2. The summed E-state index contributed by atoms with van der Waals surface area (Å²) < 4.78 is 0. The molecule has 7 N–H and O–H groups in total. The van der Waals surface area contributed by atoms with E-state index in [0.717, 1.165) is 17.2 Å². The molecule has 0 unspecified atom stereocenters. The van der Waals surface area contributed by atoms with E-state index in [1.807, 2.05) is 25.1 Å². The molecule has 0 saturated carbocycles. The Hall–Kier alpha value is -2.38. The zero-order chi connectivity index (χ0) is 17.7. The Balaban J connectivity index is 2.22. The summed E-state index contributed by atoms with van der Waals surface area (Å²) in [4.78, 5) is 8.55. The molecule has 1 aromatic carbocycles. The molecular formula is C17H27N7. The van der Waals surface area contributed by atoms with Crippen molar-refractivity contribution >= 4 is 23.0 Å². The number of hydrogen-bond acceptors (Lipinski definition) is 7. The van der Waals surface area contributed by atoms with Crippen LogP contribution in [-0.4, -0.2) is 22.6 Å². The Morgan fingerprint density at radius 2 is 1.62 bits per heavy atom. The molecule has 2 aromatic rings. The van der Waals surface area contributed by atoms with Crippen molar-refractivity contribution in [1.82, 2.24) is 9.97 Å². The fraction of sp³-hybridized carbons (Fsp3) is 0.412. The number of benzene rings is 1. The van der Waals surface area contributed by atoms with Gasteiger partial charge in [-0.1, -0.05) is 13.8 Å². The highest BCUT2D eigenvalue weighted by atomic mass is 15.2. The zero-order valence-electron chi connectivity index (χ0n) is 14.7. The molecule has 1 atom stereocenters. The number of rotatable bonds is 7. The number of aryl methyl sites for hydroxylation is 2. The molecule has 0 radical (unpaired) electrons. The third-order valence-corrected chi connectivity index (χ3v) is 4.11. The van der Waals surface area contributed by atoms with Gasteiger partial charge in [0.05, 0.1) is 11.4 Å². The van der Waals surface area contributed by atoms with E-state index in [1.165, 1.54) is 17.5 Å². The van der Waals surface area contributed by atoms with Gasteiger partial charge in [0.25, 0.3) is 0 Å². The first kappa shape index (κ1) is 18.0. The van der Waals surface area contributed by atoms with Crippen molar-refractivity contribution in [3.8, 4) is 0 Å². The minimum absolute atomic E-state index is 0.163. The highest BCUT2D eigenvalue weighted by Crippen LogP contribution is 2.28. The van der Waals surface area contributed by atoms with Crippen LogP contribution in [0.25, 0.3) is 0 Å². The van der Waals surface area contributed by atoms with E-state index < -0.39 is 0 Å². The van der Waals surface area contributed by atoms with E-state index in [2.05, 4.69) is 46.8 Å². The van der Waals surface area contributed by atoms with Gasteiger partial charge < -0.3 is 21.8 Å². The van der Waals surface area contributed by atoms with Crippen molar-refractivity contribution in [3.63, 3.8) is 0 Å². The van der Waals surface area contributed by atoms with Gasteiger partial charge in [0.1, 0.15) is 18.0 Å². The van der Waals surface area contributed by atoms with Crippen LogP contribution in [0.3, 0.4) is 0 Å². The second-order valence-corrected chi connectivity index (χ2v) is 6.27. The summed E-state index contributed by atoms with van der Waals surface area (Å²) in [6, 6.07) is 6.06. The summed E-state index contributed by atoms with van der Waals surface area (Å²) >= 11 is 0. The molecule has 0 spiro atoms. The molecule has 7 nitrogen and oxygen atoms in total. The van der Waals surface area contributed by atoms with E-state index in [0.29, 0.717) is 18.3 Å². The lowest BCUT2D eigenvalue weighted by molar-refractivity contribution is 0.530. The van der Waals surface area contributed by atoms with Gasteiger partial charge in [-0.15, -0.1) is 0 Å². The van der Waals surface area contributed by atoms with Crippen LogP contribution in [0.4, 0.5) is 23.0 Å². The van der Waals surface area contributed by atoms with E-state index >= 15 is 0 Å². The minimum atomic E-state index is 0.163. The second kappa shape index (κ2) is 7.94. The SMILES string of the molecule is Cc1cc(NN)c(Nc2cc(N[C@H](CN)C(C)C)ncn2)cc1C. The summed E-state index contributed by atoms with van der Waals surface area (Å²) in [5.74, 6) is 7.46. The molecule has 24 heavy (non-hydrogen) atoms. The monoisotopic (exact) mass is 329 g/mol. The molecule has 1 heterocycles. The van der Waals surface area contributed by atoms with Crippen molar-refractivity contribution in [2.24, 2.45) is 17.5 Å². The van der Waals surface area contributed by atoms with Crippen molar-refractivity contribution in [2.45, 2.75) is 33.7 Å². The van der Waals surface area contributed by atoms with Gasteiger partial charge in [-0.2, -0.15) is 0 Å². The normalized spacial score (nSPS) is 12.1. The highest BCUT2D eigenvalue weighted by Gasteiger charge is 2.12. The summed E-state index contributed by atoms with van der Waals surface area (Å²) in [5.41, 5.74) is 12.5. The number of hydrogen-bond donors (Lipinski definition) is 5. The molecule has 130 valence electrons. The first-order valence-electron chi connectivity index (χ1n) is 8.08. The van der Waals surface area contributed by atoms with Gasteiger partial charge >= 0.3 is 0 Å². The van der Waals surface area contributed by atoms with Gasteiger partial charge in [-0.3, -0.25) is 5.84 Å². The highest BCUT2D eigenvalue weighted by molar-refractivity contribution is 5.75. The maximum atomic E-state index is 5.81. The van der Waals surface area contributed by atoms with Gasteiger partial charge in [0.2, 0.25) is 0 Å². The summed E-state index contributed by atoms with van der Waals surface area (Å²) in [6.45, 7) is 8.90. The first-order chi connectivity index (χ1) is 11.4. The van der Waals surface area contributed by atoms with Crippen LogP contribution < -0.4 is 27.6 Å². The Kier molecular flexibility index (Phi) is 5.94. The van der Waals surface area contributed by atoms with Crippen LogP contribution in [0.2, 0.25) is 0 Å². The molecule has 0 bridgehead atoms. The van der Waals surface area contributed by atoms with Gasteiger partial charge in [0.15, 0.2) is 0 Å².